The van der Waals surface area contributed by atoms with Gasteiger partial charge in [-0.25, -0.2) is 4.68 Å². The number of tetrazole rings is 1. The number of rotatable bonds is 6. The highest BCUT2D eigenvalue weighted by molar-refractivity contribution is 7.98. The molecule has 142 valence electrons. The van der Waals surface area contributed by atoms with Gasteiger partial charge >= 0.3 is 0 Å². The van der Waals surface area contributed by atoms with E-state index in [2.05, 4.69) is 71.7 Å². The van der Waals surface area contributed by atoms with Gasteiger partial charge in [0.25, 0.3) is 0 Å². The summed E-state index contributed by atoms with van der Waals surface area (Å²) in [6.07, 6.45) is 1.84. The molecule has 0 aliphatic rings. The van der Waals surface area contributed by atoms with E-state index in [9.17, 15) is 0 Å². The molecule has 0 aliphatic heterocycles. The van der Waals surface area contributed by atoms with Crippen molar-refractivity contribution >= 4 is 11.8 Å². The molecule has 0 saturated heterocycles. The monoisotopic (exact) mass is 390 g/mol. The van der Waals surface area contributed by atoms with E-state index in [1.807, 2.05) is 23.9 Å². The minimum atomic E-state index is 0.606. The van der Waals surface area contributed by atoms with Crippen molar-refractivity contribution in [1.82, 2.24) is 30.0 Å². The maximum atomic E-state index is 4.69. The number of hydrogen-bond acceptors (Lipinski definition) is 5. The Kier molecular flexibility index (Phi) is 5.25. The average molecular weight is 391 g/mol. The number of nitrogens with zero attached hydrogens (tertiary/aromatic N) is 6. The summed E-state index contributed by atoms with van der Waals surface area (Å²) in [5.41, 5.74) is 5.69. The summed E-state index contributed by atoms with van der Waals surface area (Å²) in [7, 11) is 0. The van der Waals surface area contributed by atoms with Crippen LogP contribution in [0.25, 0.3) is 17.1 Å². The molecule has 2 aromatic carbocycles. The number of hydrogen-bond donors (Lipinski definition) is 0. The molecule has 6 nitrogen and oxygen atoms in total. The molecule has 0 aliphatic carbocycles. The van der Waals surface area contributed by atoms with E-state index in [0.717, 1.165) is 22.0 Å². The molecular weight excluding hydrogens is 368 g/mol. The van der Waals surface area contributed by atoms with Crippen LogP contribution >= 0.6 is 11.8 Å². The lowest BCUT2D eigenvalue weighted by atomic mass is 10.1. The highest BCUT2D eigenvalue weighted by Gasteiger charge is 2.19. The Morgan fingerprint density at radius 2 is 1.82 bits per heavy atom. The number of thioether (sulfide) groups is 1. The van der Waals surface area contributed by atoms with Crippen molar-refractivity contribution < 1.29 is 0 Å². The Hall–Kier alpha value is -2.93. The molecule has 7 heteroatoms. The van der Waals surface area contributed by atoms with E-state index in [1.54, 1.807) is 16.6 Å². The average Bonchev–Trinajstić information content (AvgIpc) is 3.36. The molecule has 0 unspecified atom stereocenters. The number of benzene rings is 2. The van der Waals surface area contributed by atoms with E-state index in [0.29, 0.717) is 12.4 Å². The zero-order valence-electron chi connectivity index (χ0n) is 16.2. The fraction of sp³-hybridized carbons (Fsp3) is 0.238. The van der Waals surface area contributed by atoms with Gasteiger partial charge in [-0.05, 0) is 48.7 Å². The molecule has 4 rings (SSSR count). The van der Waals surface area contributed by atoms with E-state index in [4.69, 9.17) is 5.10 Å². The van der Waals surface area contributed by atoms with Crippen LogP contribution in [0.1, 0.15) is 23.6 Å². The lowest BCUT2D eigenvalue weighted by Gasteiger charge is -2.12. The van der Waals surface area contributed by atoms with Crippen molar-refractivity contribution in [2.75, 3.05) is 0 Å². The van der Waals surface area contributed by atoms with E-state index < -0.39 is 0 Å². The molecule has 28 heavy (non-hydrogen) atoms. The van der Waals surface area contributed by atoms with Gasteiger partial charge in [-0.15, -0.1) is 22.0 Å². The second-order valence-corrected chi connectivity index (χ2v) is 7.53. The second kappa shape index (κ2) is 7.98. The highest BCUT2D eigenvalue weighted by atomic mass is 32.2. The first-order chi connectivity index (χ1) is 13.7. The lowest BCUT2D eigenvalue weighted by molar-refractivity contribution is 0.552. The Bertz CT molecular complexity index is 1080. The van der Waals surface area contributed by atoms with Crippen LogP contribution in [0.2, 0.25) is 0 Å². The van der Waals surface area contributed by atoms with Gasteiger partial charge in [0.05, 0.1) is 24.0 Å². The lowest BCUT2D eigenvalue weighted by Crippen LogP contribution is -2.02. The van der Waals surface area contributed by atoms with Crippen molar-refractivity contribution in [2.45, 2.75) is 38.1 Å². The van der Waals surface area contributed by atoms with Gasteiger partial charge in [0, 0.05) is 5.75 Å². The molecular formula is C21H22N6S. The van der Waals surface area contributed by atoms with Crippen LogP contribution < -0.4 is 0 Å². The predicted octanol–water partition coefficient (Wildman–Crippen LogP) is 4.45. The second-order valence-electron chi connectivity index (χ2n) is 6.57. The van der Waals surface area contributed by atoms with Crippen LogP contribution in [0.5, 0.6) is 0 Å². The summed E-state index contributed by atoms with van der Waals surface area (Å²) in [4.78, 5) is 1.59. The fourth-order valence-corrected chi connectivity index (χ4v) is 4.04. The smallest absolute Gasteiger partial charge is 0.209 e. The van der Waals surface area contributed by atoms with Gasteiger partial charge in [0.1, 0.15) is 5.03 Å². The molecule has 4 aromatic rings. The quantitative estimate of drug-likeness (QED) is 0.455. The molecule has 2 aromatic heterocycles. The van der Waals surface area contributed by atoms with Crippen molar-refractivity contribution in [3.63, 3.8) is 0 Å². The molecule has 0 amide bonds. The number of aryl methyl sites for hydroxylation is 2. The van der Waals surface area contributed by atoms with Crippen molar-refractivity contribution in [3.05, 3.63) is 71.4 Å². The van der Waals surface area contributed by atoms with E-state index in [-0.39, 0.29) is 0 Å². The molecule has 0 radical (unpaired) electrons. The van der Waals surface area contributed by atoms with E-state index in [1.165, 1.54) is 16.7 Å². The third-order valence-corrected chi connectivity index (χ3v) is 5.87. The minimum Gasteiger partial charge on any atom is -0.226 e. The van der Waals surface area contributed by atoms with Gasteiger partial charge in [0.15, 0.2) is 0 Å². The van der Waals surface area contributed by atoms with Gasteiger partial charge in [0.2, 0.25) is 5.82 Å². The van der Waals surface area contributed by atoms with Gasteiger partial charge in [-0.1, -0.05) is 42.5 Å². The van der Waals surface area contributed by atoms with Crippen LogP contribution in [-0.4, -0.2) is 30.0 Å². The molecule has 0 bridgehead atoms. The summed E-state index contributed by atoms with van der Waals surface area (Å²) in [5.74, 6) is 1.45. The molecule has 0 spiro atoms. The van der Waals surface area contributed by atoms with Crippen LogP contribution in [0.3, 0.4) is 0 Å². The molecule has 0 saturated carbocycles. The number of aromatic nitrogens is 6. The predicted molar refractivity (Wildman–Crippen MR) is 112 cm³/mol. The Balaban J connectivity index is 1.78. The third-order valence-electron chi connectivity index (χ3n) is 4.72. The first kappa shape index (κ1) is 18.4. The summed E-state index contributed by atoms with van der Waals surface area (Å²) < 4.78 is 2.00. The molecule has 2 heterocycles. The SMILES string of the molecule is CCn1nnc(-c2cnn(-c3cccc(C)c3C)c2SCc2ccccc2)n1. The summed E-state index contributed by atoms with van der Waals surface area (Å²) >= 11 is 1.74. The van der Waals surface area contributed by atoms with Crippen LogP contribution in [0, 0.1) is 13.8 Å². The maximum Gasteiger partial charge on any atom is 0.209 e. The normalized spacial score (nSPS) is 11.1. The van der Waals surface area contributed by atoms with Gasteiger partial charge < -0.3 is 0 Å². The zero-order valence-corrected chi connectivity index (χ0v) is 17.0. The van der Waals surface area contributed by atoms with Crippen LogP contribution in [-0.2, 0) is 12.3 Å². The fourth-order valence-electron chi connectivity index (χ4n) is 2.98. The Labute approximate surface area is 168 Å². The first-order valence-corrected chi connectivity index (χ1v) is 10.3. The third kappa shape index (κ3) is 3.57. The molecule has 0 N–H and O–H groups in total. The first-order valence-electron chi connectivity index (χ1n) is 9.27. The van der Waals surface area contributed by atoms with Gasteiger partial charge in [-0.3, -0.25) is 0 Å². The summed E-state index contributed by atoms with van der Waals surface area (Å²) in [6, 6.07) is 16.7. The topological polar surface area (TPSA) is 61.4 Å². The van der Waals surface area contributed by atoms with Crippen molar-refractivity contribution in [3.8, 4) is 17.1 Å². The maximum absolute atomic E-state index is 4.69. The molecule has 0 atom stereocenters. The summed E-state index contributed by atoms with van der Waals surface area (Å²) in [5, 5.41) is 18.6. The Morgan fingerprint density at radius 3 is 2.57 bits per heavy atom. The molecule has 0 fully saturated rings. The standard InChI is InChI=1S/C21H22N6S/c1-4-26-24-20(23-25-26)18-13-22-27(19-12-8-9-15(2)16(19)3)21(18)28-14-17-10-6-5-7-11-17/h5-13H,4,14H2,1-3H3. The van der Waals surface area contributed by atoms with Crippen LogP contribution in [0.15, 0.2) is 59.8 Å². The highest BCUT2D eigenvalue weighted by Crippen LogP contribution is 2.34. The zero-order chi connectivity index (χ0) is 19.5. The van der Waals surface area contributed by atoms with Crippen LogP contribution in [0.4, 0.5) is 0 Å². The van der Waals surface area contributed by atoms with Crippen molar-refractivity contribution in [2.24, 2.45) is 0 Å². The summed E-state index contributed by atoms with van der Waals surface area (Å²) in [6.45, 7) is 6.93. The Morgan fingerprint density at radius 1 is 1.00 bits per heavy atom. The van der Waals surface area contributed by atoms with E-state index >= 15 is 0 Å². The van der Waals surface area contributed by atoms with Gasteiger partial charge in [-0.2, -0.15) is 9.90 Å². The largest absolute Gasteiger partial charge is 0.226 e. The van der Waals surface area contributed by atoms with Crippen molar-refractivity contribution in [1.29, 1.82) is 0 Å². The minimum absolute atomic E-state index is 0.606.